The van der Waals surface area contributed by atoms with Crippen LogP contribution in [0.1, 0.15) is 104 Å². The maximum absolute atomic E-state index is 6.72. The van der Waals surface area contributed by atoms with Crippen molar-refractivity contribution in [3.8, 4) is 59.2 Å². The molecule has 0 bridgehead atoms. The molecule has 0 unspecified atom stereocenters. The fourth-order valence-electron chi connectivity index (χ4n) is 4.06. The van der Waals surface area contributed by atoms with Crippen molar-refractivity contribution in [3.05, 3.63) is 0 Å². The largest absolute Gasteiger partial charge is 0.504 e. The van der Waals surface area contributed by atoms with Crippen molar-refractivity contribution in [2.45, 2.75) is 150 Å². The van der Waals surface area contributed by atoms with Gasteiger partial charge in [0.2, 0.25) is 0 Å². The van der Waals surface area contributed by atoms with E-state index in [-0.39, 0.29) is 0 Å². The van der Waals surface area contributed by atoms with Gasteiger partial charge >= 0.3 is 8.80 Å². The Hall–Kier alpha value is -2.01. The Morgan fingerprint density at radius 3 is 1.10 bits per heavy atom. The molecule has 0 heterocycles. The zero-order valence-corrected chi connectivity index (χ0v) is 30.6. The summed E-state index contributed by atoms with van der Waals surface area (Å²) < 4.78 is 38.7. The third kappa shape index (κ3) is 16.9. The first-order valence-electron chi connectivity index (χ1n) is 14.0. The summed E-state index contributed by atoms with van der Waals surface area (Å²) in [5.41, 5.74) is -4.02. The Morgan fingerprint density at radius 2 is 0.805 bits per heavy atom. The average Bonchev–Trinajstić information content (AvgIpc) is 2.74. The van der Waals surface area contributed by atoms with Crippen LogP contribution in [0.3, 0.4) is 0 Å². The van der Waals surface area contributed by atoms with Gasteiger partial charge in [-0.25, -0.2) is 0 Å². The summed E-state index contributed by atoms with van der Waals surface area (Å²) in [5, 5.41) is 0. The van der Waals surface area contributed by atoms with Crippen molar-refractivity contribution < 1.29 is 27.2 Å². The lowest BCUT2D eigenvalue weighted by Crippen LogP contribution is -2.58. The van der Waals surface area contributed by atoms with Crippen LogP contribution in [-0.4, -0.2) is 53.0 Å². The highest BCUT2D eigenvalue weighted by atomic mass is 28.4. The van der Waals surface area contributed by atoms with Crippen LogP contribution in [-0.2, 0) is 27.2 Å². The molecular weight excluding hydrogens is 549 g/mol. The molecule has 228 valence electrons. The predicted molar refractivity (Wildman–Crippen MR) is 172 cm³/mol. The molecular formula is C33H52O6Si2. The van der Waals surface area contributed by atoms with Gasteiger partial charge in [0.25, 0.3) is 6.48 Å². The van der Waals surface area contributed by atoms with Gasteiger partial charge in [-0.3, -0.25) is 0 Å². The third-order valence-corrected chi connectivity index (χ3v) is 10.3. The maximum Gasteiger partial charge on any atom is 0.504 e. The van der Waals surface area contributed by atoms with Gasteiger partial charge < -0.3 is 27.2 Å². The minimum Gasteiger partial charge on any atom is -0.378 e. The van der Waals surface area contributed by atoms with Crippen LogP contribution in [0.25, 0.3) is 0 Å². The minimum absolute atomic E-state index is 0.473. The van der Waals surface area contributed by atoms with E-state index in [1.807, 2.05) is 69.2 Å². The van der Waals surface area contributed by atoms with Crippen LogP contribution in [0.5, 0.6) is 0 Å². The molecule has 0 N–H and O–H groups in total. The highest BCUT2D eigenvalue weighted by Crippen LogP contribution is 2.33. The molecule has 0 rings (SSSR count). The topological polar surface area (TPSA) is 55.4 Å². The van der Waals surface area contributed by atoms with Crippen LogP contribution in [0, 0.1) is 59.2 Å². The number of ether oxygens (including phenoxy) is 2. The van der Waals surface area contributed by atoms with Crippen molar-refractivity contribution in [1.29, 1.82) is 0 Å². The van der Waals surface area contributed by atoms with Gasteiger partial charge in [0.05, 0.1) is 0 Å². The lowest BCUT2D eigenvalue weighted by Gasteiger charge is -2.42. The van der Waals surface area contributed by atoms with E-state index in [2.05, 4.69) is 59.2 Å². The third-order valence-electron chi connectivity index (χ3n) is 5.03. The molecule has 0 aromatic heterocycles. The summed E-state index contributed by atoms with van der Waals surface area (Å²) in [5.74, 6) is 30.2. The van der Waals surface area contributed by atoms with Crippen LogP contribution >= 0.6 is 0 Å². The minimum atomic E-state index is -3.48. The Bertz CT molecular complexity index is 1040. The smallest absolute Gasteiger partial charge is 0.378 e. The molecule has 0 radical (unpaired) electrons. The fourth-order valence-corrected chi connectivity index (χ4v) is 9.79. The Labute approximate surface area is 255 Å². The van der Waals surface area contributed by atoms with Crippen LogP contribution < -0.4 is 0 Å². The van der Waals surface area contributed by atoms with Gasteiger partial charge in [0.1, 0.15) is 28.0 Å². The van der Waals surface area contributed by atoms with Crippen molar-refractivity contribution in [1.82, 2.24) is 0 Å². The van der Waals surface area contributed by atoms with E-state index in [1.54, 1.807) is 34.6 Å². The molecule has 6 nitrogen and oxygen atoms in total. The highest BCUT2D eigenvalue weighted by molar-refractivity contribution is 6.62. The SMILES string of the molecule is CC#CC(C)(C)OC(O[SiH2]CC[Si](OC(C)(C)C#CC)(OC(C)(C)C#CC)OC(C)(C)C#CC)OC(C)(C)C#CC. The summed E-state index contributed by atoms with van der Waals surface area (Å²) in [7, 11) is -4.72. The highest BCUT2D eigenvalue weighted by Gasteiger charge is 2.51. The van der Waals surface area contributed by atoms with E-state index in [0.717, 1.165) is 0 Å². The molecule has 0 aromatic carbocycles. The molecule has 0 saturated carbocycles. The summed E-state index contributed by atoms with van der Waals surface area (Å²) in [6.45, 7) is 26.9. The first-order chi connectivity index (χ1) is 18.7. The molecule has 0 amide bonds. The lowest BCUT2D eigenvalue weighted by atomic mass is 10.1. The summed E-state index contributed by atoms with van der Waals surface area (Å²) in [6.07, 6.45) is 0. The van der Waals surface area contributed by atoms with Crippen molar-refractivity contribution in [2.75, 3.05) is 0 Å². The molecule has 0 saturated heterocycles. The van der Waals surface area contributed by atoms with Crippen molar-refractivity contribution in [3.63, 3.8) is 0 Å². The zero-order valence-electron chi connectivity index (χ0n) is 28.1. The summed E-state index contributed by atoms with van der Waals surface area (Å²) >= 11 is 0. The van der Waals surface area contributed by atoms with E-state index < -0.39 is 53.0 Å². The number of hydrogen-bond acceptors (Lipinski definition) is 6. The quantitative estimate of drug-likeness (QED) is 0.102. The van der Waals surface area contributed by atoms with E-state index >= 15 is 0 Å². The standard InChI is InChI=1S/C33H52O6Si2/c1-16-21-29(6,7)34-28(35-30(8,9)22-17-2)36-40-26-27-41(37-31(10,11)23-18-3,38-32(12,13)24-19-4)39-33(14,15)25-20-5/h28H,26-27,40H2,1-15H3. The van der Waals surface area contributed by atoms with E-state index in [1.165, 1.54) is 0 Å². The van der Waals surface area contributed by atoms with Gasteiger partial charge in [0, 0.05) is 6.04 Å². The molecule has 8 heteroatoms. The molecule has 0 aromatic rings. The first kappa shape index (κ1) is 39.0. The maximum atomic E-state index is 6.72. The molecule has 0 aliphatic carbocycles. The number of rotatable bonds is 15. The molecule has 0 fully saturated rings. The van der Waals surface area contributed by atoms with Crippen LogP contribution in [0.15, 0.2) is 0 Å². The van der Waals surface area contributed by atoms with Gasteiger partial charge in [-0.1, -0.05) is 29.6 Å². The van der Waals surface area contributed by atoms with Gasteiger partial charge in [-0.15, -0.1) is 29.6 Å². The van der Waals surface area contributed by atoms with E-state index in [9.17, 15) is 0 Å². The van der Waals surface area contributed by atoms with Crippen LogP contribution in [0.4, 0.5) is 0 Å². The molecule has 0 aliphatic heterocycles. The Kier molecular flexibility index (Phi) is 15.8. The normalized spacial score (nSPS) is 12.7. The summed E-state index contributed by atoms with van der Waals surface area (Å²) in [4.78, 5) is 0. The Balaban J connectivity index is 6.35. The van der Waals surface area contributed by atoms with Crippen LogP contribution in [0.2, 0.25) is 12.1 Å². The zero-order chi connectivity index (χ0) is 32.0. The predicted octanol–water partition coefficient (Wildman–Crippen LogP) is 5.82. The second-order valence-corrected chi connectivity index (χ2v) is 15.8. The summed E-state index contributed by atoms with van der Waals surface area (Å²) in [6, 6.07) is 1.12. The van der Waals surface area contributed by atoms with E-state index in [4.69, 9.17) is 27.2 Å². The second kappa shape index (κ2) is 16.6. The van der Waals surface area contributed by atoms with E-state index in [0.29, 0.717) is 12.1 Å². The van der Waals surface area contributed by atoms with Gasteiger partial charge in [0.15, 0.2) is 9.76 Å². The molecule has 0 aliphatic rings. The Morgan fingerprint density at radius 1 is 0.512 bits per heavy atom. The first-order valence-corrected chi connectivity index (χ1v) is 17.5. The lowest BCUT2D eigenvalue weighted by molar-refractivity contribution is -0.301. The number of hydrogen-bond donors (Lipinski definition) is 0. The average molecular weight is 601 g/mol. The van der Waals surface area contributed by atoms with Gasteiger partial charge in [-0.2, -0.15) is 0 Å². The molecule has 41 heavy (non-hydrogen) atoms. The second-order valence-electron chi connectivity index (χ2n) is 11.9. The molecule has 0 atom stereocenters. The van der Waals surface area contributed by atoms with Gasteiger partial charge in [-0.05, 0) is 110 Å². The van der Waals surface area contributed by atoms with Crippen molar-refractivity contribution >= 4 is 18.6 Å². The van der Waals surface area contributed by atoms with Crippen molar-refractivity contribution in [2.24, 2.45) is 0 Å². The monoisotopic (exact) mass is 600 g/mol. The molecule has 0 spiro atoms. The fraction of sp³-hybridized carbons (Fsp3) is 0.697.